The molecule has 0 saturated carbocycles. The molecule has 2 heterocycles. The molecule has 4 rings (SSSR count). The second-order valence-corrected chi connectivity index (χ2v) is 7.66. The van der Waals surface area contributed by atoms with Gasteiger partial charge in [0.15, 0.2) is 5.65 Å². The van der Waals surface area contributed by atoms with Crippen LogP contribution in [0.2, 0.25) is 0 Å². The van der Waals surface area contributed by atoms with Crippen LogP contribution in [0.5, 0.6) is 0 Å². The predicted molar refractivity (Wildman–Crippen MR) is 115 cm³/mol. The molecule has 0 aliphatic rings. The van der Waals surface area contributed by atoms with Gasteiger partial charge in [-0.25, -0.2) is 9.97 Å². The first-order valence-corrected chi connectivity index (χ1v) is 9.62. The summed E-state index contributed by atoms with van der Waals surface area (Å²) in [6.45, 7) is 10.5. The minimum absolute atomic E-state index is 0.242. The van der Waals surface area contributed by atoms with Gasteiger partial charge in [0.05, 0.1) is 11.7 Å². The van der Waals surface area contributed by atoms with Crippen LogP contribution in [0.4, 0.5) is 0 Å². The first-order chi connectivity index (χ1) is 13.4. The van der Waals surface area contributed by atoms with E-state index in [1.807, 2.05) is 32.0 Å². The zero-order valence-corrected chi connectivity index (χ0v) is 17.1. The van der Waals surface area contributed by atoms with Gasteiger partial charge in [-0.1, -0.05) is 48.0 Å². The van der Waals surface area contributed by atoms with Gasteiger partial charge in [0.2, 0.25) is 0 Å². The average molecular weight is 371 g/mol. The van der Waals surface area contributed by atoms with Crippen molar-refractivity contribution in [1.82, 2.24) is 14.5 Å². The normalized spacial score (nSPS) is 12.5. The van der Waals surface area contributed by atoms with Crippen molar-refractivity contribution in [2.24, 2.45) is 5.73 Å². The van der Waals surface area contributed by atoms with Crippen molar-refractivity contribution in [1.29, 1.82) is 0 Å². The Hall–Kier alpha value is -2.98. The molecular formula is C24H26N4. The lowest BCUT2D eigenvalue weighted by Gasteiger charge is -2.16. The lowest BCUT2D eigenvalue weighted by Crippen LogP contribution is -2.13. The summed E-state index contributed by atoms with van der Waals surface area (Å²) in [6, 6.07) is 16.4. The molecule has 2 N–H and O–H groups in total. The van der Waals surface area contributed by atoms with E-state index in [2.05, 4.69) is 55.7 Å². The number of nitrogens with zero attached hydrogens (tertiary/aromatic N) is 3. The molecular weight excluding hydrogens is 344 g/mol. The van der Waals surface area contributed by atoms with Crippen LogP contribution < -0.4 is 5.73 Å². The molecule has 2 aromatic carbocycles. The van der Waals surface area contributed by atoms with Gasteiger partial charge in [0.1, 0.15) is 11.3 Å². The van der Waals surface area contributed by atoms with Gasteiger partial charge in [-0.3, -0.25) is 4.57 Å². The fraction of sp³-hybridized carbons (Fsp3) is 0.250. The summed E-state index contributed by atoms with van der Waals surface area (Å²) in [5.41, 5.74) is 16.3. The van der Waals surface area contributed by atoms with Crippen LogP contribution in [-0.2, 0) is 0 Å². The highest BCUT2D eigenvalue weighted by atomic mass is 15.1. The van der Waals surface area contributed by atoms with Crippen molar-refractivity contribution in [2.75, 3.05) is 0 Å². The summed E-state index contributed by atoms with van der Waals surface area (Å²) in [4.78, 5) is 9.76. The van der Waals surface area contributed by atoms with Crippen LogP contribution in [0.1, 0.15) is 45.4 Å². The quantitative estimate of drug-likeness (QED) is 0.551. The van der Waals surface area contributed by atoms with Crippen molar-refractivity contribution in [3.8, 4) is 5.69 Å². The Kier molecular flexibility index (Phi) is 4.52. The monoisotopic (exact) mass is 370 g/mol. The maximum Gasteiger partial charge on any atom is 0.165 e. The zero-order chi connectivity index (χ0) is 20.0. The third kappa shape index (κ3) is 3.00. The van der Waals surface area contributed by atoms with Gasteiger partial charge >= 0.3 is 0 Å². The standard InChI is InChI=1S/C24H26N4/c1-14-11-15(2)23(16(3)12-14)28-18(5)27-22-20(13-17(4)26-24(22)28)21(25)19-9-7-6-8-10-19/h6-13,21H,25H2,1-5H3. The lowest BCUT2D eigenvalue weighted by molar-refractivity contribution is 0.873. The van der Waals surface area contributed by atoms with Crippen molar-refractivity contribution in [2.45, 2.75) is 40.7 Å². The number of hydrogen-bond donors (Lipinski definition) is 1. The van der Waals surface area contributed by atoms with E-state index in [0.29, 0.717) is 0 Å². The molecule has 0 spiro atoms. The maximum absolute atomic E-state index is 6.65. The number of aromatic nitrogens is 3. The fourth-order valence-corrected chi connectivity index (χ4v) is 4.18. The van der Waals surface area contributed by atoms with Crippen LogP contribution in [0.15, 0.2) is 48.5 Å². The lowest BCUT2D eigenvalue weighted by atomic mass is 9.99. The molecule has 0 fully saturated rings. The summed E-state index contributed by atoms with van der Waals surface area (Å²) in [5, 5.41) is 0. The Bertz CT molecular complexity index is 1150. The van der Waals surface area contributed by atoms with Crippen LogP contribution in [0.3, 0.4) is 0 Å². The zero-order valence-electron chi connectivity index (χ0n) is 17.1. The summed E-state index contributed by atoms with van der Waals surface area (Å²) in [7, 11) is 0. The molecule has 0 bridgehead atoms. The molecule has 0 amide bonds. The first kappa shape index (κ1) is 18.4. The fourth-order valence-electron chi connectivity index (χ4n) is 4.18. The molecule has 4 nitrogen and oxygen atoms in total. The summed E-state index contributed by atoms with van der Waals surface area (Å²) < 4.78 is 2.17. The number of nitrogens with two attached hydrogens (primary N) is 1. The molecule has 4 aromatic rings. The highest BCUT2D eigenvalue weighted by Crippen LogP contribution is 2.31. The Labute approximate surface area is 166 Å². The first-order valence-electron chi connectivity index (χ1n) is 9.62. The van der Waals surface area contributed by atoms with Crippen LogP contribution in [0.25, 0.3) is 16.9 Å². The average Bonchev–Trinajstić information content (AvgIpc) is 2.96. The number of fused-ring (bicyclic) bond motifs is 1. The summed E-state index contributed by atoms with van der Waals surface area (Å²) in [5.74, 6) is 0.921. The Morgan fingerprint density at radius 1 is 0.857 bits per heavy atom. The number of pyridine rings is 1. The van der Waals surface area contributed by atoms with Crippen LogP contribution >= 0.6 is 0 Å². The van der Waals surface area contributed by atoms with Gasteiger partial charge in [-0.2, -0.15) is 0 Å². The van der Waals surface area contributed by atoms with Crippen molar-refractivity contribution >= 4 is 11.2 Å². The van der Waals surface area contributed by atoms with E-state index < -0.39 is 0 Å². The molecule has 142 valence electrons. The van der Waals surface area contributed by atoms with E-state index in [0.717, 1.165) is 39.5 Å². The second-order valence-electron chi connectivity index (χ2n) is 7.66. The minimum Gasteiger partial charge on any atom is -0.320 e. The topological polar surface area (TPSA) is 56.7 Å². The SMILES string of the molecule is Cc1cc(C)c(-n2c(C)nc3c(C(N)c4ccccc4)cc(C)nc32)c(C)c1. The van der Waals surface area contributed by atoms with Gasteiger partial charge in [0.25, 0.3) is 0 Å². The Morgan fingerprint density at radius 3 is 2.14 bits per heavy atom. The third-order valence-corrected chi connectivity index (χ3v) is 5.29. The second kappa shape index (κ2) is 6.88. The molecule has 0 aliphatic heterocycles. The van der Waals surface area contributed by atoms with Crippen molar-refractivity contribution in [3.63, 3.8) is 0 Å². The van der Waals surface area contributed by atoms with Crippen molar-refractivity contribution < 1.29 is 0 Å². The molecule has 0 aliphatic carbocycles. The van der Waals surface area contributed by atoms with Crippen molar-refractivity contribution in [3.05, 3.63) is 87.9 Å². The largest absolute Gasteiger partial charge is 0.320 e. The predicted octanol–water partition coefficient (Wildman–Crippen LogP) is 5.01. The van der Waals surface area contributed by atoms with E-state index in [-0.39, 0.29) is 6.04 Å². The van der Waals surface area contributed by atoms with E-state index >= 15 is 0 Å². The molecule has 0 radical (unpaired) electrons. The summed E-state index contributed by atoms with van der Waals surface area (Å²) >= 11 is 0. The minimum atomic E-state index is -0.242. The van der Waals surface area contributed by atoms with E-state index in [9.17, 15) is 0 Å². The van der Waals surface area contributed by atoms with Gasteiger partial charge < -0.3 is 5.73 Å². The molecule has 4 heteroatoms. The molecule has 1 unspecified atom stereocenters. The number of aryl methyl sites for hydroxylation is 5. The molecule has 1 atom stereocenters. The highest BCUT2D eigenvalue weighted by molar-refractivity contribution is 5.80. The van der Waals surface area contributed by atoms with Gasteiger partial charge in [-0.05, 0) is 57.4 Å². The van der Waals surface area contributed by atoms with Crippen LogP contribution in [0, 0.1) is 34.6 Å². The number of imidazole rings is 1. The maximum atomic E-state index is 6.65. The molecule has 2 aromatic heterocycles. The number of hydrogen-bond acceptors (Lipinski definition) is 3. The highest BCUT2D eigenvalue weighted by Gasteiger charge is 2.21. The molecule has 28 heavy (non-hydrogen) atoms. The van der Waals surface area contributed by atoms with E-state index in [1.54, 1.807) is 0 Å². The van der Waals surface area contributed by atoms with Gasteiger partial charge in [0, 0.05) is 11.3 Å². The van der Waals surface area contributed by atoms with E-state index in [1.165, 1.54) is 16.7 Å². The number of benzene rings is 2. The Balaban J connectivity index is 2.00. The van der Waals surface area contributed by atoms with Crippen LogP contribution in [-0.4, -0.2) is 14.5 Å². The smallest absolute Gasteiger partial charge is 0.165 e. The molecule has 0 saturated heterocycles. The van der Waals surface area contributed by atoms with Gasteiger partial charge in [-0.15, -0.1) is 0 Å². The Morgan fingerprint density at radius 2 is 1.50 bits per heavy atom. The third-order valence-electron chi connectivity index (χ3n) is 5.29. The van der Waals surface area contributed by atoms with E-state index in [4.69, 9.17) is 15.7 Å². The number of rotatable bonds is 3. The summed E-state index contributed by atoms with van der Waals surface area (Å²) in [6.07, 6.45) is 0.